The Kier molecular flexibility index (Phi) is 4.47. The fraction of sp³-hybridized carbons (Fsp3) is 0.409. The molecule has 0 atom stereocenters. The molecule has 2 aliphatic heterocycles. The van der Waals surface area contributed by atoms with Gasteiger partial charge in [0.1, 0.15) is 11.5 Å². The van der Waals surface area contributed by atoms with Gasteiger partial charge in [0.15, 0.2) is 11.5 Å². The van der Waals surface area contributed by atoms with Gasteiger partial charge in [0, 0.05) is 18.5 Å². The lowest BCUT2D eigenvalue weighted by Crippen LogP contribution is -2.39. The minimum atomic E-state index is -0.0427. The van der Waals surface area contributed by atoms with Crippen molar-refractivity contribution in [2.75, 3.05) is 13.4 Å². The first-order chi connectivity index (χ1) is 13.8. The maximum Gasteiger partial charge on any atom is 0.255 e. The van der Waals surface area contributed by atoms with Crippen LogP contribution in [0.5, 0.6) is 23.0 Å². The standard InChI is InChI=1S/C22H23NO5/c24-22(18-3-1-2-14-10-11-25-21(14)18)23-15-4-6-16(7-5-15)28-17-8-9-19-20(12-17)27-13-26-19/h1-3,8-9,12,15-16H,4-7,10-11,13H2,(H,23,24). The van der Waals surface area contributed by atoms with Crippen LogP contribution in [0.4, 0.5) is 0 Å². The minimum absolute atomic E-state index is 0.0427. The molecule has 3 aliphatic rings. The molecule has 5 rings (SSSR count). The molecule has 1 N–H and O–H groups in total. The highest BCUT2D eigenvalue weighted by molar-refractivity contribution is 5.97. The predicted octanol–water partition coefficient (Wildman–Crippen LogP) is 3.47. The molecular weight excluding hydrogens is 358 g/mol. The summed E-state index contributed by atoms with van der Waals surface area (Å²) < 4.78 is 22.5. The molecule has 0 unspecified atom stereocenters. The average Bonchev–Trinajstić information content (AvgIpc) is 3.38. The number of ether oxygens (including phenoxy) is 4. The van der Waals surface area contributed by atoms with Crippen molar-refractivity contribution in [3.8, 4) is 23.0 Å². The van der Waals surface area contributed by atoms with Crippen LogP contribution in [0.3, 0.4) is 0 Å². The van der Waals surface area contributed by atoms with Gasteiger partial charge < -0.3 is 24.3 Å². The van der Waals surface area contributed by atoms with E-state index in [1.165, 1.54) is 0 Å². The summed E-state index contributed by atoms with van der Waals surface area (Å²) in [5, 5.41) is 3.17. The normalized spacial score (nSPS) is 22.3. The first kappa shape index (κ1) is 17.2. The van der Waals surface area contributed by atoms with Crippen LogP contribution in [-0.2, 0) is 6.42 Å². The number of nitrogens with one attached hydrogen (secondary N) is 1. The van der Waals surface area contributed by atoms with Crippen molar-refractivity contribution < 1.29 is 23.7 Å². The van der Waals surface area contributed by atoms with Crippen LogP contribution in [0.15, 0.2) is 36.4 Å². The van der Waals surface area contributed by atoms with Crippen molar-refractivity contribution in [2.45, 2.75) is 44.2 Å². The summed E-state index contributed by atoms with van der Waals surface area (Å²) in [7, 11) is 0. The quantitative estimate of drug-likeness (QED) is 0.879. The molecule has 1 fully saturated rings. The Morgan fingerprint density at radius 2 is 1.86 bits per heavy atom. The van der Waals surface area contributed by atoms with Crippen molar-refractivity contribution in [3.63, 3.8) is 0 Å². The van der Waals surface area contributed by atoms with E-state index in [4.69, 9.17) is 18.9 Å². The first-order valence-corrected chi connectivity index (χ1v) is 9.88. The Balaban J connectivity index is 1.15. The maximum absolute atomic E-state index is 12.7. The summed E-state index contributed by atoms with van der Waals surface area (Å²) in [6.45, 7) is 0.918. The fourth-order valence-electron chi connectivity index (χ4n) is 4.12. The van der Waals surface area contributed by atoms with Crippen LogP contribution < -0.4 is 24.3 Å². The highest BCUT2D eigenvalue weighted by Crippen LogP contribution is 2.36. The lowest BCUT2D eigenvalue weighted by atomic mass is 9.92. The third kappa shape index (κ3) is 3.35. The van der Waals surface area contributed by atoms with Crippen molar-refractivity contribution in [2.24, 2.45) is 0 Å². The molecule has 0 spiro atoms. The van der Waals surface area contributed by atoms with Crippen molar-refractivity contribution in [3.05, 3.63) is 47.5 Å². The van der Waals surface area contributed by atoms with E-state index >= 15 is 0 Å². The van der Waals surface area contributed by atoms with Crippen LogP contribution in [0.2, 0.25) is 0 Å². The second-order valence-electron chi connectivity index (χ2n) is 7.47. The molecule has 0 radical (unpaired) electrons. The number of benzene rings is 2. The predicted molar refractivity (Wildman–Crippen MR) is 102 cm³/mol. The lowest BCUT2D eigenvalue weighted by molar-refractivity contribution is 0.0890. The summed E-state index contributed by atoms with van der Waals surface area (Å²) >= 11 is 0. The molecule has 2 aromatic carbocycles. The van der Waals surface area contributed by atoms with Gasteiger partial charge in [-0.1, -0.05) is 12.1 Å². The van der Waals surface area contributed by atoms with Gasteiger partial charge in [0.25, 0.3) is 5.91 Å². The number of rotatable bonds is 4. The van der Waals surface area contributed by atoms with Crippen molar-refractivity contribution >= 4 is 5.91 Å². The molecule has 2 heterocycles. The van der Waals surface area contributed by atoms with Gasteiger partial charge in [-0.25, -0.2) is 0 Å². The minimum Gasteiger partial charge on any atom is -0.492 e. The Morgan fingerprint density at radius 3 is 2.75 bits per heavy atom. The van der Waals surface area contributed by atoms with E-state index in [1.54, 1.807) is 0 Å². The molecular formula is C22H23NO5. The summed E-state index contributed by atoms with van der Waals surface area (Å²) in [5.74, 6) is 3.00. The highest BCUT2D eigenvalue weighted by Gasteiger charge is 2.27. The van der Waals surface area contributed by atoms with Gasteiger partial charge in [-0.15, -0.1) is 0 Å². The zero-order chi connectivity index (χ0) is 18.9. The summed E-state index contributed by atoms with van der Waals surface area (Å²) in [4.78, 5) is 12.7. The van der Waals surface area contributed by atoms with E-state index < -0.39 is 0 Å². The summed E-state index contributed by atoms with van der Waals surface area (Å²) in [6, 6.07) is 11.6. The van der Waals surface area contributed by atoms with Crippen LogP contribution in [0, 0.1) is 0 Å². The Morgan fingerprint density at radius 1 is 1.00 bits per heavy atom. The highest BCUT2D eigenvalue weighted by atomic mass is 16.7. The Hall–Kier alpha value is -2.89. The second-order valence-corrected chi connectivity index (χ2v) is 7.47. The third-order valence-corrected chi connectivity index (χ3v) is 5.62. The van der Waals surface area contributed by atoms with E-state index in [0.717, 1.165) is 60.7 Å². The molecule has 1 aliphatic carbocycles. The fourth-order valence-corrected chi connectivity index (χ4v) is 4.12. The van der Waals surface area contributed by atoms with Crippen molar-refractivity contribution in [1.82, 2.24) is 5.32 Å². The number of carbonyl (C=O) groups is 1. The van der Waals surface area contributed by atoms with Gasteiger partial charge in [-0.2, -0.15) is 0 Å². The first-order valence-electron chi connectivity index (χ1n) is 9.88. The SMILES string of the molecule is O=C(NC1CCC(Oc2ccc3c(c2)OCO3)CC1)c1cccc2c1OCC2. The van der Waals surface area contributed by atoms with Crippen LogP contribution in [0.1, 0.15) is 41.6 Å². The lowest BCUT2D eigenvalue weighted by Gasteiger charge is -2.29. The van der Waals surface area contributed by atoms with Crippen LogP contribution >= 0.6 is 0 Å². The topological polar surface area (TPSA) is 66.0 Å². The van der Waals surface area contributed by atoms with E-state index in [1.807, 2.05) is 36.4 Å². The number of amides is 1. The van der Waals surface area contributed by atoms with Gasteiger partial charge in [0.05, 0.1) is 18.3 Å². The molecule has 0 saturated heterocycles. The van der Waals surface area contributed by atoms with Gasteiger partial charge in [0.2, 0.25) is 6.79 Å². The van der Waals surface area contributed by atoms with Crippen molar-refractivity contribution in [1.29, 1.82) is 0 Å². The van der Waals surface area contributed by atoms with E-state index in [2.05, 4.69) is 5.32 Å². The number of para-hydroxylation sites is 1. The molecule has 28 heavy (non-hydrogen) atoms. The van der Waals surface area contributed by atoms with Crippen LogP contribution in [-0.4, -0.2) is 31.5 Å². The molecule has 146 valence electrons. The van der Waals surface area contributed by atoms with Gasteiger partial charge in [-0.05, 0) is 49.4 Å². The monoisotopic (exact) mass is 381 g/mol. The molecule has 0 bridgehead atoms. The smallest absolute Gasteiger partial charge is 0.255 e. The molecule has 6 nitrogen and oxygen atoms in total. The van der Waals surface area contributed by atoms with Crippen LogP contribution in [0.25, 0.3) is 0 Å². The molecule has 2 aromatic rings. The van der Waals surface area contributed by atoms with Gasteiger partial charge in [-0.3, -0.25) is 4.79 Å². The Labute approximate surface area is 163 Å². The summed E-state index contributed by atoms with van der Waals surface area (Å²) in [6.07, 6.45) is 4.63. The third-order valence-electron chi connectivity index (χ3n) is 5.62. The Bertz CT molecular complexity index is 888. The largest absolute Gasteiger partial charge is 0.492 e. The molecule has 6 heteroatoms. The molecule has 1 saturated carbocycles. The zero-order valence-corrected chi connectivity index (χ0v) is 15.6. The number of hydrogen-bond donors (Lipinski definition) is 1. The number of fused-ring (bicyclic) bond motifs is 2. The maximum atomic E-state index is 12.7. The van der Waals surface area contributed by atoms with Gasteiger partial charge >= 0.3 is 0 Å². The zero-order valence-electron chi connectivity index (χ0n) is 15.6. The average molecular weight is 381 g/mol. The number of hydrogen-bond acceptors (Lipinski definition) is 5. The van der Waals surface area contributed by atoms with E-state index in [9.17, 15) is 4.79 Å². The number of carbonyl (C=O) groups excluding carboxylic acids is 1. The molecule has 0 aromatic heterocycles. The summed E-state index contributed by atoms with van der Waals surface area (Å²) in [5.41, 5.74) is 1.77. The van der Waals surface area contributed by atoms with E-state index in [0.29, 0.717) is 12.2 Å². The van der Waals surface area contributed by atoms with E-state index in [-0.39, 0.29) is 24.8 Å². The second kappa shape index (κ2) is 7.26. The molecule has 1 amide bonds.